The fourth-order valence-corrected chi connectivity index (χ4v) is 3.46. The fourth-order valence-electron chi connectivity index (χ4n) is 2.17. The number of sulfonamides is 1. The molecule has 0 bridgehead atoms. The molecule has 112 valence electrons. The zero-order valence-electron chi connectivity index (χ0n) is 12.3. The lowest BCUT2D eigenvalue weighted by Crippen LogP contribution is -2.23. The van der Waals surface area contributed by atoms with Crippen molar-refractivity contribution >= 4 is 21.6 Å². The van der Waals surface area contributed by atoms with Crippen LogP contribution in [0.2, 0.25) is 5.02 Å². The maximum Gasteiger partial charge on any atom is 0.240 e. The Hall–Kier alpha value is -1.36. The largest absolute Gasteiger partial charge is 0.240 e. The molecule has 0 unspecified atom stereocenters. The smallest absolute Gasteiger partial charge is 0.207 e. The third-order valence-corrected chi connectivity index (χ3v) is 5.01. The average Bonchev–Trinajstić information content (AvgIpc) is 2.38. The minimum atomic E-state index is -3.56. The van der Waals surface area contributed by atoms with Gasteiger partial charge in [-0.1, -0.05) is 47.0 Å². The fraction of sp³-hybridized carbons (Fsp3) is 0.250. The Morgan fingerprint density at radius 1 is 1.00 bits per heavy atom. The Labute approximate surface area is 131 Å². The topological polar surface area (TPSA) is 46.2 Å². The summed E-state index contributed by atoms with van der Waals surface area (Å²) in [6, 6.07) is 10.7. The Balaban J connectivity index is 2.19. The molecule has 0 aliphatic carbocycles. The highest BCUT2D eigenvalue weighted by Gasteiger charge is 2.14. The number of hydrogen-bond acceptors (Lipinski definition) is 2. The third kappa shape index (κ3) is 4.06. The molecule has 5 heteroatoms. The molecular formula is C16H18ClNO2S. The highest BCUT2D eigenvalue weighted by atomic mass is 35.5. The Bertz CT molecular complexity index is 750. The van der Waals surface area contributed by atoms with Gasteiger partial charge in [0.25, 0.3) is 0 Å². The zero-order valence-corrected chi connectivity index (χ0v) is 13.8. The molecule has 2 aromatic rings. The van der Waals surface area contributed by atoms with Crippen molar-refractivity contribution in [2.75, 3.05) is 0 Å². The van der Waals surface area contributed by atoms with Crippen LogP contribution in [0.4, 0.5) is 0 Å². The summed E-state index contributed by atoms with van der Waals surface area (Å²) < 4.78 is 27.1. The van der Waals surface area contributed by atoms with Gasteiger partial charge in [-0.15, -0.1) is 0 Å². The molecule has 0 fully saturated rings. The van der Waals surface area contributed by atoms with E-state index in [0.717, 1.165) is 22.3 Å². The molecule has 2 rings (SSSR count). The van der Waals surface area contributed by atoms with Crippen LogP contribution >= 0.6 is 11.6 Å². The SMILES string of the molecule is Cc1cc(C)cc(CNS(=O)(=O)c2ccc(C)c(Cl)c2)c1. The first-order valence-electron chi connectivity index (χ1n) is 6.61. The van der Waals surface area contributed by atoms with Crippen molar-refractivity contribution in [3.63, 3.8) is 0 Å². The molecule has 0 radical (unpaired) electrons. The van der Waals surface area contributed by atoms with Gasteiger partial charge in [-0.05, 0) is 44.0 Å². The molecule has 0 atom stereocenters. The first kappa shape index (κ1) is 16.0. The molecule has 0 spiro atoms. The van der Waals surface area contributed by atoms with E-state index in [1.54, 1.807) is 12.1 Å². The van der Waals surface area contributed by atoms with Crippen molar-refractivity contribution < 1.29 is 8.42 Å². The van der Waals surface area contributed by atoms with E-state index in [0.29, 0.717) is 5.02 Å². The second-order valence-electron chi connectivity index (χ2n) is 5.23. The van der Waals surface area contributed by atoms with E-state index >= 15 is 0 Å². The molecule has 0 aromatic heterocycles. The van der Waals surface area contributed by atoms with E-state index in [1.807, 2.05) is 32.9 Å². The quantitative estimate of drug-likeness (QED) is 0.931. The summed E-state index contributed by atoms with van der Waals surface area (Å²) in [6.07, 6.45) is 0. The van der Waals surface area contributed by atoms with E-state index in [2.05, 4.69) is 10.8 Å². The predicted octanol–water partition coefficient (Wildman–Crippen LogP) is 3.74. The summed E-state index contributed by atoms with van der Waals surface area (Å²) in [5.41, 5.74) is 4.02. The Morgan fingerprint density at radius 3 is 2.19 bits per heavy atom. The number of rotatable bonds is 4. The summed E-state index contributed by atoms with van der Waals surface area (Å²) in [5.74, 6) is 0. The molecule has 2 aromatic carbocycles. The summed E-state index contributed by atoms with van der Waals surface area (Å²) in [6.45, 7) is 6.08. The van der Waals surface area contributed by atoms with Crippen LogP contribution in [-0.4, -0.2) is 8.42 Å². The van der Waals surface area contributed by atoms with Crippen LogP contribution in [0.1, 0.15) is 22.3 Å². The van der Waals surface area contributed by atoms with E-state index in [1.165, 1.54) is 6.07 Å². The minimum absolute atomic E-state index is 0.183. The van der Waals surface area contributed by atoms with Gasteiger partial charge in [-0.2, -0.15) is 0 Å². The first-order valence-corrected chi connectivity index (χ1v) is 8.47. The van der Waals surface area contributed by atoms with E-state index < -0.39 is 10.0 Å². The Kier molecular flexibility index (Phi) is 4.71. The second kappa shape index (κ2) is 6.18. The molecule has 1 N–H and O–H groups in total. The molecule has 0 aliphatic rings. The summed E-state index contributed by atoms with van der Waals surface area (Å²) in [7, 11) is -3.56. The van der Waals surface area contributed by atoms with Gasteiger partial charge in [0.05, 0.1) is 4.90 Å². The van der Waals surface area contributed by atoms with Gasteiger partial charge in [0.15, 0.2) is 0 Å². The monoisotopic (exact) mass is 323 g/mol. The van der Waals surface area contributed by atoms with Crippen LogP contribution in [0.25, 0.3) is 0 Å². The van der Waals surface area contributed by atoms with Gasteiger partial charge in [0.1, 0.15) is 0 Å². The molecule has 0 heterocycles. The van der Waals surface area contributed by atoms with Crippen molar-refractivity contribution in [2.45, 2.75) is 32.2 Å². The predicted molar refractivity (Wildman–Crippen MR) is 86.1 cm³/mol. The summed E-state index contributed by atoms with van der Waals surface area (Å²) in [5, 5.41) is 0.448. The molecule has 0 aliphatic heterocycles. The number of aryl methyl sites for hydroxylation is 3. The van der Waals surface area contributed by atoms with Gasteiger partial charge in [-0.3, -0.25) is 0 Å². The lowest BCUT2D eigenvalue weighted by atomic mass is 10.1. The summed E-state index contributed by atoms with van der Waals surface area (Å²) in [4.78, 5) is 0.183. The van der Waals surface area contributed by atoms with Crippen LogP contribution < -0.4 is 4.72 Å². The average molecular weight is 324 g/mol. The number of benzene rings is 2. The van der Waals surface area contributed by atoms with Gasteiger partial charge in [0, 0.05) is 11.6 Å². The molecule has 0 saturated heterocycles. The van der Waals surface area contributed by atoms with E-state index in [9.17, 15) is 8.42 Å². The van der Waals surface area contributed by atoms with Crippen molar-refractivity contribution in [1.29, 1.82) is 0 Å². The van der Waals surface area contributed by atoms with Gasteiger partial charge in [0.2, 0.25) is 10.0 Å². The maximum absolute atomic E-state index is 12.3. The summed E-state index contributed by atoms with van der Waals surface area (Å²) >= 11 is 5.99. The molecule has 21 heavy (non-hydrogen) atoms. The standard InChI is InChI=1S/C16H18ClNO2S/c1-11-6-12(2)8-14(7-11)10-18-21(19,20)15-5-4-13(3)16(17)9-15/h4-9,18H,10H2,1-3H3. The molecule has 0 amide bonds. The van der Waals surface area contributed by atoms with Crippen molar-refractivity contribution in [2.24, 2.45) is 0 Å². The van der Waals surface area contributed by atoms with Crippen molar-refractivity contribution in [3.05, 3.63) is 63.7 Å². The van der Waals surface area contributed by atoms with E-state index in [-0.39, 0.29) is 11.4 Å². The highest BCUT2D eigenvalue weighted by Crippen LogP contribution is 2.20. The van der Waals surface area contributed by atoms with E-state index in [4.69, 9.17) is 11.6 Å². The highest BCUT2D eigenvalue weighted by molar-refractivity contribution is 7.89. The third-order valence-electron chi connectivity index (χ3n) is 3.20. The number of halogens is 1. The van der Waals surface area contributed by atoms with Crippen LogP contribution in [0.15, 0.2) is 41.3 Å². The van der Waals surface area contributed by atoms with Gasteiger partial charge >= 0.3 is 0 Å². The second-order valence-corrected chi connectivity index (χ2v) is 7.41. The number of hydrogen-bond donors (Lipinski definition) is 1. The molecule has 0 saturated carbocycles. The molecule has 3 nitrogen and oxygen atoms in total. The lowest BCUT2D eigenvalue weighted by molar-refractivity contribution is 0.581. The normalized spacial score (nSPS) is 11.6. The van der Waals surface area contributed by atoms with Crippen molar-refractivity contribution in [1.82, 2.24) is 4.72 Å². The van der Waals surface area contributed by atoms with Gasteiger partial charge < -0.3 is 0 Å². The maximum atomic E-state index is 12.3. The van der Waals surface area contributed by atoms with Crippen LogP contribution in [0.5, 0.6) is 0 Å². The van der Waals surface area contributed by atoms with Crippen LogP contribution in [-0.2, 0) is 16.6 Å². The lowest BCUT2D eigenvalue weighted by Gasteiger charge is -2.09. The van der Waals surface area contributed by atoms with Crippen molar-refractivity contribution in [3.8, 4) is 0 Å². The number of nitrogens with one attached hydrogen (secondary N) is 1. The Morgan fingerprint density at radius 2 is 1.62 bits per heavy atom. The van der Waals surface area contributed by atoms with Crippen LogP contribution in [0.3, 0.4) is 0 Å². The molecular weight excluding hydrogens is 306 g/mol. The van der Waals surface area contributed by atoms with Crippen LogP contribution in [0, 0.1) is 20.8 Å². The zero-order chi connectivity index (χ0) is 15.6. The minimum Gasteiger partial charge on any atom is -0.207 e. The van der Waals surface area contributed by atoms with Gasteiger partial charge in [-0.25, -0.2) is 13.1 Å². The first-order chi connectivity index (χ1) is 9.78.